The van der Waals surface area contributed by atoms with Crippen molar-refractivity contribution >= 4 is 0 Å². The van der Waals surface area contributed by atoms with Gasteiger partial charge in [0.15, 0.2) is 0 Å². The Morgan fingerprint density at radius 1 is 2.00 bits per heavy atom. The molecule has 4 heavy (non-hydrogen) atoms. The van der Waals surface area contributed by atoms with Gasteiger partial charge in [-0.05, 0) is 0 Å². The van der Waals surface area contributed by atoms with Crippen LogP contribution in [-0.4, -0.2) is 4.93 Å². The van der Waals surface area contributed by atoms with Gasteiger partial charge in [0.1, 0.15) is 0 Å². The Labute approximate surface area is 35.9 Å². The summed E-state index contributed by atoms with van der Waals surface area (Å²) in [6, 6.07) is 0. The second-order valence-corrected chi connectivity index (χ2v) is 1.83. The third-order valence-corrected chi connectivity index (χ3v) is 0.567. The van der Waals surface area contributed by atoms with Crippen LogP contribution in [0, 0.1) is 9.34 Å². The minimum absolute atomic E-state index is 0.0839. The van der Waals surface area contributed by atoms with Crippen molar-refractivity contribution in [2.45, 2.75) is 0 Å². The first-order valence-corrected chi connectivity index (χ1v) is 4.03. The Hall–Kier alpha value is 0.220. The maximum atomic E-state index is 7.67. The predicted molar refractivity (Wildman–Crippen MR) is 11.5 cm³/mol. The first kappa shape index (κ1) is 4.22. The third-order valence-electron chi connectivity index (χ3n) is 0.0845. The molecule has 0 N–H and O–H groups in total. The first-order chi connectivity index (χ1) is 1.91. The quantitative estimate of drug-likeness (QED) is 0.283. The van der Waals surface area contributed by atoms with Crippen LogP contribution in [0.15, 0.2) is 0 Å². The van der Waals surface area contributed by atoms with Crippen LogP contribution in [0.2, 0.25) is 0 Å². The SMILES string of the molecule is C[I-]C#N. The van der Waals surface area contributed by atoms with E-state index in [1.54, 1.807) is 0 Å². The van der Waals surface area contributed by atoms with Gasteiger partial charge in [-0.15, -0.1) is 0 Å². The molecule has 0 aliphatic rings. The van der Waals surface area contributed by atoms with E-state index in [2.05, 4.69) is 0 Å². The summed E-state index contributed by atoms with van der Waals surface area (Å²) >= 11 is -0.0839. The van der Waals surface area contributed by atoms with Crippen molar-refractivity contribution in [2.24, 2.45) is 0 Å². The fourth-order valence-electron chi connectivity index (χ4n) is 0. The van der Waals surface area contributed by atoms with E-state index in [0.29, 0.717) is 0 Å². The van der Waals surface area contributed by atoms with Crippen LogP contribution >= 0.6 is 0 Å². The zero-order chi connectivity index (χ0) is 3.41. The Balaban J connectivity index is 2.43. The predicted octanol–water partition coefficient (Wildman–Crippen LogP) is -2.81. The summed E-state index contributed by atoms with van der Waals surface area (Å²) in [5, 5.41) is 7.67. The Bertz CT molecular complexity index is 35.8. The molecule has 0 atom stereocenters. The third kappa shape index (κ3) is 2.22. The monoisotopic (exact) mass is 168 g/mol. The Morgan fingerprint density at radius 2 is 2.25 bits per heavy atom. The number of hydrogen-bond acceptors (Lipinski definition) is 1. The van der Waals surface area contributed by atoms with Gasteiger partial charge in [0.25, 0.3) is 0 Å². The van der Waals surface area contributed by atoms with Crippen LogP contribution in [0.1, 0.15) is 0 Å². The zero-order valence-corrected chi connectivity index (χ0v) is 4.48. The fraction of sp³-hybridized carbons (Fsp3) is 0.500. The number of nitriles is 1. The molecule has 0 aromatic heterocycles. The molecule has 0 saturated carbocycles. The van der Waals surface area contributed by atoms with E-state index in [0.717, 1.165) is 0 Å². The standard InChI is InChI=1S/C2H3IN/c1-3-2-4/h1H3/q-1. The zero-order valence-electron chi connectivity index (χ0n) is 2.33. The van der Waals surface area contributed by atoms with Gasteiger partial charge in [0, 0.05) is 0 Å². The molecule has 0 fully saturated rings. The van der Waals surface area contributed by atoms with E-state index >= 15 is 0 Å². The molecule has 0 rings (SSSR count). The molecular weight excluding hydrogens is 165 g/mol. The van der Waals surface area contributed by atoms with Crippen LogP contribution in [0.4, 0.5) is 0 Å². The van der Waals surface area contributed by atoms with Crippen LogP contribution in [0.25, 0.3) is 0 Å². The number of alkyl halides is 1. The molecule has 0 saturated heterocycles. The maximum absolute atomic E-state index is 7.67. The van der Waals surface area contributed by atoms with Crippen LogP contribution in [0.3, 0.4) is 0 Å². The molecule has 0 aromatic carbocycles. The summed E-state index contributed by atoms with van der Waals surface area (Å²) in [4.78, 5) is 1.93. The van der Waals surface area contributed by atoms with Crippen LogP contribution < -0.4 is 21.2 Å². The minimum atomic E-state index is -0.0839. The van der Waals surface area contributed by atoms with Gasteiger partial charge in [-0.2, -0.15) is 0 Å². The topological polar surface area (TPSA) is 23.8 Å². The van der Waals surface area contributed by atoms with Gasteiger partial charge < -0.3 is 0 Å². The van der Waals surface area contributed by atoms with Crippen molar-refractivity contribution in [3.63, 3.8) is 0 Å². The normalized spacial score (nSPS) is 6.00. The summed E-state index contributed by atoms with van der Waals surface area (Å²) in [7, 11) is 0. The van der Waals surface area contributed by atoms with Crippen LogP contribution in [0.5, 0.6) is 0 Å². The molecule has 2 heteroatoms. The van der Waals surface area contributed by atoms with Crippen molar-refractivity contribution in [3.05, 3.63) is 0 Å². The molecule has 0 heterocycles. The summed E-state index contributed by atoms with van der Waals surface area (Å²) in [5.41, 5.74) is 0. The van der Waals surface area contributed by atoms with E-state index in [9.17, 15) is 0 Å². The van der Waals surface area contributed by atoms with E-state index in [-0.39, 0.29) is 21.2 Å². The Kier molecular flexibility index (Phi) is 3.40. The van der Waals surface area contributed by atoms with Crippen molar-refractivity contribution in [1.82, 2.24) is 0 Å². The molecule has 0 radical (unpaired) electrons. The van der Waals surface area contributed by atoms with Crippen molar-refractivity contribution in [1.29, 1.82) is 5.26 Å². The number of rotatable bonds is 0. The van der Waals surface area contributed by atoms with E-state index in [4.69, 9.17) is 5.26 Å². The van der Waals surface area contributed by atoms with Gasteiger partial charge in [-0.25, -0.2) is 0 Å². The molecular formula is C2H3IN-. The number of halogens is 1. The second-order valence-electron chi connectivity index (χ2n) is 0.273. The molecule has 0 unspecified atom stereocenters. The molecule has 0 spiro atoms. The number of hydrogen-bond donors (Lipinski definition) is 0. The summed E-state index contributed by atoms with van der Waals surface area (Å²) < 4.78 is 2.04. The van der Waals surface area contributed by atoms with Gasteiger partial charge in [0.05, 0.1) is 0 Å². The van der Waals surface area contributed by atoms with Crippen molar-refractivity contribution < 1.29 is 21.2 Å². The van der Waals surface area contributed by atoms with Gasteiger partial charge >= 0.3 is 35.5 Å². The van der Waals surface area contributed by atoms with E-state index in [1.807, 2.05) is 9.01 Å². The average Bonchev–Trinajstić information content (AvgIpc) is 1.37. The number of nitrogens with zero attached hydrogens (tertiary/aromatic N) is 1. The fourth-order valence-corrected chi connectivity index (χ4v) is 0. The average molecular weight is 168 g/mol. The Morgan fingerprint density at radius 3 is 2.25 bits per heavy atom. The second kappa shape index (κ2) is 3.22. The van der Waals surface area contributed by atoms with Crippen LogP contribution in [-0.2, 0) is 0 Å². The van der Waals surface area contributed by atoms with E-state index < -0.39 is 0 Å². The molecule has 0 aromatic rings. The molecule has 0 amide bonds. The van der Waals surface area contributed by atoms with Crippen molar-refractivity contribution in [2.75, 3.05) is 4.93 Å². The van der Waals surface area contributed by atoms with Gasteiger partial charge in [0.2, 0.25) is 0 Å². The summed E-state index contributed by atoms with van der Waals surface area (Å²) in [6.07, 6.45) is 0. The summed E-state index contributed by atoms with van der Waals surface area (Å²) in [6.45, 7) is 0. The van der Waals surface area contributed by atoms with Gasteiger partial charge in [-0.3, -0.25) is 0 Å². The molecule has 0 aliphatic heterocycles. The molecule has 24 valence electrons. The summed E-state index contributed by atoms with van der Waals surface area (Å²) in [5.74, 6) is 0. The van der Waals surface area contributed by atoms with Crippen molar-refractivity contribution in [3.8, 4) is 4.08 Å². The van der Waals surface area contributed by atoms with Gasteiger partial charge in [-0.1, -0.05) is 0 Å². The molecule has 1 nitrogen and oxygen atoms in total. The first-order valence-electron chi connectivity index (χ1n) is 0.791. The molecule has 0 aliphatic carbocycles. The molecule has 0 bridgehead atoms. The van der Waals surface area contributed by atoms with E-state index in [1.165, 1.54) is 0 Å².